The van der Waals surface area contributed by atoms with Gasteiger partial charge in [0.15, 0.2) is 5.82 Å². The van der Waals surface area contributed by atoms with E-state index in [1.54, 1.807) is 0 Å². The molecule has 0 fully saturated rings. The highest BCUT2D eigenvalue weighted by Gasteiger charge is 2.28. The summed E-state index contributed by atoms with van der Waals surface area (Å²) in [5, 5.41) is 13.9. The number of quaternary nitrogens is 1. The molecule has 0 saturated carbocycles. The molecule has 1 aromatic heterocycles. The van der Waals surface area contributed by atoms with Gasteiger partial charge in [-0.1, -0.05) is 0 Å². The smallest absolute Gasteiger partial charge is 0.150 e. The van der Waals surface area contributed by atoms with Gasteiger partial charge in [-0.3, -0.25) is 5.01 Å². The number of hydroxylamine groups is 2. The van der Waals surface area contributed by atoms with Crippen LogP contribution in [0.25, 0.3) is 5.57 Å². The highest BCUT2D eigenvalue weighted by atomic mass is 16.5. The molecule has 2 aliphatic rings. The van der Waals surface area contributed by atoms with Gasteiger partial charge in [0.25, 0.3) is 0 Å². The third-order valence-electron chi connectivity index (χ3n) is 3.48. The van der Waals surface area contributed by atoms with Gasteiger partial charge in [0.2, 0.25) is 0 Å². The Labute approximate surface area is 100 Å². The maximum atomic E-state index is 11.5. The molecule has 90 valence electrons. The van der Waals surface area contributed by atoms with E-state index in [0.29, 0.717) is 18.2 Å². The van der Waals surface area contributed by atoms with Gasteiger partial charge in [-0.05, 0) is 17.7 Å². The summed E-state index contributed by atoms with van der Waals surface area (Å²) in [6, 6.07) is 4.05. The van der Waals surface area contributed by atoms with Crippen LogP contribution in [0.5, 0.6) is 0 Å². The van der Waals surface area contributed by atoms with Crippen molar-refractivity contribution in [1.82, 2.24) is 10.4 Å². The molecule has 0 aliphatic carbocycles. The number of nitrogens with zero attached hydrogens (tertiary/aromatic N) is 2. The number of pyridine rings is 1. The molecule has 0 saturated heterocycles. The Bertz CT molecular complexity index is 471. The van der Waals surface area contributed by atoms with Crippen molar-refractivity contribution in [3.63, 3.8) is 0 Å². The summed E-state index contributed by atoms with van der Waals surface area (Å²) in [6.07, 6.45) is 2.67. The van der Waals surface area contributed by atoms with Gasteiger partial charge in [-0.15, -0.1) is 0 Å². The van der Waals surface area contributed by atoms with Crippen molar-refractivity contribution < 1.29 is 5.06 Å². The Hall–Kier alpha value is -1.43. The van der Waals surface area contributed by atoms with E-state index in [4.69, 9.17) is 0 Å². The van der Waals surface area contributed by atoms with Crippen molar-refractivity contribution in [2.75, 3.05) is 31.7 Å². The number of rotatable bonds is 1. The maximum Gasteiger partial charge on any atom is 0.150 e. The molecule has 17 heavy (non-hydrogen) atoms. The van der Waals surface area contributed by atoms with E-state index >= 15 is 0 Å². The average Bonchev–Trinajstić information content (AvgIpc) is 2.37. The lowest BCUT2D eigenvalue weighted by Gasteiger charge is -2.37. The van der Waals surface area contributed by atoms with Crippen LogP contribution in [0.2, 0.25) is 0 Å². The predicted octanol–water partition coefficient (Wildman–Crippen LogP) is -0.424. The molecule has 3 rings (SSSR count). The molecule has 3 heterocycles. The first-order valence-corrected chi connectivity index (χ1v) is 5.92. The molecular formula is C12H16N4O. The van der Waals surface area contributed by atoms with Gasteiger partial charge in [-0.2, -0.15) is 0 Å². The lowest BCUT2D eigenvalue weighted by Crippen LogP contribution is -3.08. The first-order chi connectivity index (χ1) is 8.29. The first-order valence-electron chi connectivity index (χ1n) is 5.92. The number of anilines is 1. The third-order valence-corrected chi connectivity index (χ3v) is 3.48. The van der Waals surface area contributed by atoms with Gasteiger partial charge in [0, 0.05) is 30.8 Å². The molecule has 5 nitrogen and oxygen atoms in total. The molecular weight excluding hydrogens is 216 g/mol. The lowest BCUT2D eigenvalue weighted by molar-refractivity contribution is -0.843. The van der Waals surface area contributed by atoms with E-state index in [0.717, 1.165) is 18.8 Å². The van der Waals surface area contributed by atoms with Crippen molar-refractivity contribution in [2.24, 2.45) is 0 Å². The van der Waals surface area contributed by atoms with E-state index in [-0.39, 0.29) is 0 Å². The minimum atomic E-state index is 0.354. The van der Waals surface area contributed by atoms with Gasteiger partial charge in [0.05, 0.1) is 13.1 Å². The number of hydrazine groups is 1. The highest BCUT2D eigenvalue weighted by Crippen LogP contribution is 2.34. The average molecular weight is 232 g/mol. The summed E-state index contributed by atoms with van der Waals surface area (Å²) in [5.41, 5.74) is 6.89. The summed E-state index contributed by atoms with van der Waals surface area (Å²) in [6.45, 7) is 2.04. The van der Waals surface area contributed by atoms with Crippen molar-refractivity contribution in [3.05, 3.63) is 34.7 Å². The van der Waals surface area contributed by atoms with E-state index in [9.17, 15) is 5.21 Å². The van der Waals surface area contributed by atoms with Gasteiger partial charge in [0.1, 0.15) is 6.54 Å². The molecule has 0 aromatic carbocycles. The van der Waals surface area contributed by atoms with E-state index in [1.165, 1.54) is 16.7 Å². The van der Waals surface area contributed by atoms with Crippen LogP contribution in [0.15, 0.2) is 23.9 Å². The lowest BCUT2D eigenvalue weighted by atomic mass is 9.91. The highest BCUT2D eigenvalue weighted by molar-refractivity contribution is 5.80. The zero-order chi connectivity index (χ0) is 11.8. The molecule has 2 N–H and O–H groups in total. The Morgan fingerprint density at radius 3 is 3.24 bits per heavy atom. The van der Waals surface area contributed by atoms with Crippen LogP contribution < -0.4 is 15.5 Å². The molecule has 0 radical (unpaired) electrons. The fourth-order valence-corrected chi connectivity index (χ4v) is 2.65. The number of fused-ring (bicyclic) bond motifs is 2. The fraction of sp³-hybridized carbons (Fsp3) is 0.417. The molecule has 0 amide bonds. The summed E-state index contributed by atoms with van der Waals surface area (Å²) in [4.78, 5) is 4.43. The fourth-order valence-electron chi connectivity index (χ4n) is 2.65. The number of hydrogen-bond acceptors (Lipinski definition) is 4. The largest absolute Gasteiger partial charge is 0.634 e. The Balaban J connectivity index is 2.09. The number of nitrogens with one attached hydrogen (secondary N) is 2. The van der Waals surface area contributed by atoms with Crippen LogP contribution in [0, 0.1) is 5.21 Å². The van der Waals surface area contributed by atoms with E-state index < -0.39 is 0 Å². The molecule has 5 heteroatoms. The first kappa shape index (κ1) is 10.7. The summed E-state index contributed by atoms with van der Waals surface area (Å²) < 4.78 is 0. The van der Waals surface area contributed by atoms with Crippen molar-refractivity contribution in [1.29, 1.82) is 0 Å². The van der Waals surface area contributed by atoms with Gasteiger partial charge < -0.3 is 10.3 Å². The zero-order valence-electron chi connectivity index (χ0n) is 9.86. The molecule has 1 atom stereocenters. The van der Waals surface area contributed by atoms with Crippen LogP contribution in [-0.2, 0) is 0 Å². The Morgan fingerprint density at radius 2 is 2.41 bits per heavy atom. The molecule has 1 unspecified atom stereocenters. The van der Waals surface area contributed by atoms with Crippen LogP contribution >= 0.6 is 0 Å². The second-order valence-corrected chi connectivity index (χ2v) is 4.48. The van der Waals surface area contributed by atoms with Crippen LogP contribution in [0.1, 0.15) is 12.0 Å². The second kappa shape index (κ2) is 4.10. The predicted molar refractivity (Wildman–Crippen MR) is 66.2 cm³/mol. The zero-order valence-corrected chi connectivity index (χ0v) is 9.86. The van der Waals surface area contributed by atoms with Crippen molar-refractivity contribution in [2.45, 2.75) is 6.42 Å². The van der Waals surface area contributed by atoms with Crippen LogP contribution in [0.4, 0.5) is 5.82 Å². The topological polar surface area (TPSA) is 55.7 Å². The minimum Gasteiger partial charge on any atom is -0.634 e. The van der Waals surface area contributed by atoms with E-state index in [2.05, 4.69) is 16.5 Å². The normalized spacial score (nSPS) is 23.4. The molecule has 0 spiro atoms. The van der Waals surface area contributed by atoms with Crippen molar-refractivity contribution >= 4 is 11.4 Å². The summed E-state index contributed by atoms with van der Waals surface area (Å²) >= 11 is 0. The summed E-state index contributed by atoms with van der Waals surface area (Å²) in [7, 11) is 1.88. The van der Waals surface area contributed by atoms with Crippen LogP contribution in [0.3, 0.4) is 0 Å². The van der Waals surface area contributed by atoms with Gasteiger partial charge >= 0.3 is 0 Å². The SMILES string of the molecule is CNN1CC2=C(CC[NH+]([O-])C2)c2cccnc21. The quantitative estimate of drug-likeness (QED) is 0.646. The molecule has 0 bridgehead atoms. The summed E-state index contributed by atoms with van der Waals surface area (Å²) in [5.74, 6) is 0.975. The third kappa shape index (κ3) is 1.72. The van der Waals surface area contributed by atoms with Gasteiger partial charge in [-0.25, -0.2) is 10.4 Å². The number of hydrogen-bond donors (Lipinski definition) is 2. The Morgan fingerprint density at radius 1 is 1.53 bits per heavy atom. The van der Waals surface area contributed by atoms with Crippen LogP contribution in [-0.4, -0.2) is 31.7 Å². The monoisotopic (exact) mass is 232 g/mol. The number of aromatic nitrogens is 1. The minimum absolute atomic E-state index is 0.354. The Kier molecular flexibility index (Phi) is 2.58. The van der Waals surface area contributed by atoms with Crippen molar-refractivity contribution in [3.8, 4) is 0 Å². The molecule has 2 aliphatic heterocycles. The standard InChI is InChI=1S/C12H16N4O/c1-13-16-8-9-7-15(17)6-4-10(9)11-3-2-5-14-12(11)16/h2-3,5,13,15H,4,6-8H2,1H3. The van der Waals surface area contributed by atoms with E-state index in [1.807, 2.05) is 24.3 Å². The molecule has 1 aromatic rings. The second-order valence-electron chi connectivity index (χ2n) is 4.48. The maximum absolute atomic E-state index is 11.5.